The van der Waals surface area contributed by atoms with E-state index >= 15 is 0 Å². The Hall–Kier alpha value is 0.1000. The van der Waals surface area contributed by atoms with Crippen molar-refractivity contribution < 1.29 is 0 Å². The Morgan fingerprint density at radius 2 is 2.11 bits per heavy atom. The van der Waals surface area contributed by atoms with Gasteiger partial charge in [-0.15, -0.1) is 0 Å². The number of rotatable bonds is 5. The fourth-order valence-electron chi connectivity index (χ4n) is 3.14. The summed E-state index contributed by atoms with van der Waals surface area (Å²) < 4.78 is 1.24. The Labute approximate surface area is 123 Å². The summed E-state index contributed by atoms with van der Waals surface area (Å²) in [6.45, 7) is 7.20. The Morgan fingerprint density at radius 3 is 2.56 bits per heavy atom. The molecular formula is C14H23BrN2S. The van der Waals surface area contributed by atoms with Gasteiger partial charge in [-0.2, -0.15) is 11.3 Å². The summed E-state index contributed by atoms with van der Waals surface area (Å²) in [6.07, 6.45) is 3.86. The second-order valence-electron chi connectivity index (χ2n) is 5.30. The summed E-state index contributed by atoms with van der Waals surface area (Å²) in [5.74, 6) is 0. The number of thiophene rings is 1. The van der Waals surface area contributed by atoms with Gasteiger partial charge in [0.25, 0.3) is 0 Å². The van der Waals surface area contributed by atoms with Gasteiger partial charge in [-0.25, -0.2) is 0 Å². The largest absolute Gasteiger partial charge is 0.311 e. The van der Waals surface area contributed by atoms with E-state index in [0.717, 1.165) is 0 Å². The number of likely N-dealkylation sites (N-methyl/N-ethyl adjacent to an activating group) is 1. The Morgan fingerprint density at radius 1 is 1.44 bits per heavy atom. The summed E-state index contributed by atoms with van der Waals surface area (Å²) >= 11 is 5.46. The maximum absolute atomic E-state index is 3.69. The summed E-state index contributed by atoms with van der Waals surface area (Å²) in [7, 11) is 2.08. The van der Waals surface area contributed by atoms with E-state index in [-0.39, 0.29) is 5.54 Å². The van der Waals surface area contributed by atoms with Gasteiger partial charge in [0.15, 0.2) is 0 Å². The summed E-state index contributed by atoms with van der Waals surface area (Å²) in [5.41, 5.74) is 1.60. The Kier molecular flexibility index (Phi) is 4.86. The molecule has 102 valence electrons. The zero-order chi connectivity index (χ0) is 13.2. The molecule has 1 N–H and O–H groups in total. The van der Waals surface area contributed by atoms with Crippen molar-refractivity contribution in [2.24, 2.45) is 0 Å². The molecule has 1 saturated heterocycles. The van der Waals surface area contributed by atoms with Crippen LogP contribution in [0.4, 0.5) is 0 Å². The van der Waals surface area contributed by atoms with E-state index in [0.29, 0.717) is 6.04 Å². The first-order valence-corrected chi connectivity index (χ1v) is 8.51. The number of hydrogen-bond acceptors (Lipinski definition) is 3. The van der Waals surface area contributed by atoms with Gasteiger partial charge in [-0.1, -0.05) is 6.92 Å². The topological polar surface area (TPSA) is 15.3 Å². The van der Waals surface area contributed by atoms with Crippen LogP contribution in [0.3, 0.4) is 0 Å². The smallest absolute Gasteiger partial charge is 0.0521 e. The molecule has 0 saturated carbocycles. The van der Waals surface area contributed by atoms with Crippen molar-refractivity contribution in [3.63, 3.8) is 0 Å². The molecule has 0 spiro atoms. The minimum Gasteiger partial charge on any atom is -0.311 e. The molecule has 1 aliphatic heterocycles. The first kappa shape index (κ1) is 14.5. The number of halogens is 1. The molecule has 2 heterocycles. The highest BCUT2D eigenvalue weighted by Crippen LogP contribution is 2.40. The van der Waals surface area contributed by atoms with Crippen molar-refractivity contribution in [2.75, 3.05) is 20.1 Å². The fraction of sp³-hybridized carbons (Fsp3) is 0.714. The summed E-state index contributed by atoms with van der Waals surface area (Å²) in [6, 6.07) is 0.390. The van der Waals surface area contributed by atoms with Crippen LogP contribution >= 0.6 is 27.3 Å². The lowest BCUT2D eigenvalue weighted by molar-refractivity contribution is 0.0872. The highest BCUT2D eigenvalue weighted by Gasteiger charge is 2.40. The van der Waals surface area contributed by atoms with E-state index in [4.69, 9.17) is 0 Å². The molecular weight excluding hydrogens is 308 g/mol. The first-order valence-electron chi connectivity index (χ1n) is 6.77. The van der Waals surface area contributed by atoms with Gasteiger partial charge in [0.2, 0.25) is 0 Å². The van der Waals surface area contributed by atoms with Crippen molar-refractivity contribution in [1.82, 2.24) is 10.2 Å². The SMILES string of the molecule is CCC(C)(C(NC)c1cscc1Br)N1CCCC1. The van der Waals surface area contributed by atoms with E-state index in [1.807, 2.05) is 0 Å². The van der Waals surface area contributed by atoms with Crippen LogP contribution in [0.2, 0.25) is 0 Å². The number of nitrogens with one attached hydrogen (secondary N) is 1. The van der Waals surface area contributed by atoms with Crippen LogP contribution in [-0.2, 0) is 0 Å². The quantitative estimate of drug-likeness (QED) is 0.876. The van der Waals surface area contributed by atoms with Gasteiger partial charge in [-0.05, 0) is 73.2 Å². The van der Waals surface area contributed by atoms with Crippen molar-refractivity contribution in [3.8, 4) is 0 Å². The summed E-state index contributed by atoms with van der Waals surface area (Å²) in [4.78, 5) is 2.66. The van der Waals surface area contributed by atoms with Crippen LogP contribution in [0.15, 0.2) is 15.2 Å². The molecule has 2 rings (SSSR count). The van der Waals surface area contributed by atoms with E-state index in [1.54, 1.807) is 11.3 Å². The third-order valence-corrected chi connectivity index (χ3v) is 6.16. The van der Waals surface area contributed by atoms with Crippen molar-refractivity contribution in [1.29, 1.82) is 0 Å². The van der Waals surface area contributed by atoms with Crippen LogP contribution in [0, 0.1) is 0 Å². The number of hydrogen-bond donors (Lipinski definition) is 1. The molecule has 2 nitrogen and oxygen atoms in total. The maximum atomic E-state index is 3.69. The molecule has 2 atom stereocenters. The standard InChI is InChI=1S/C14H23BrN2S/c1-4-14(2,17-7-5-6-8-17)13(16-3)11-9-18-10-12(11)15/h9-10,13,16H,4-8H2,1-3H3. The van der Waals surface area contributed by atoms with E-state index in [9.17, 15) is 0 Å². The molecule has 0 radical (unpaired) electrons. The van der Waals surface area contributed by atoms with Gasteiger partial charge in [0, 0.05) is 15.4 Å². The van der Waals surface area contributed by atoms with Crippen LogP contribution < -0.4 is 5.32 Å². The number of nitrogens with zero attached hydrogens (tertiary/aromatic N) is 1. The van der Waals surface area contributed by atoms with Crippen molar-refractivity contribution in [3.05, 3.63) is 20.8 Å². The lowest BCUT2D eigenvalue weighted by Gasteiger charge is -2.44. The van der Waals surface area contributed by atoms with Crippen LogP contribution in [-0.4, -0.2) is 30.6 Å². The maximum Gasteiger partial charge on any atom is 0.0521 e. The van der Waals surface area contributed by atoms with Gasteiger partial charge >= 0.3 is 0 Å². The summed E-state index contributed by atoms with van der Waals surface area (Å²) in [5, 5.41) is 8.00. The highest BCUT2D eigenvalue weighted by atomic mass is 79.9. The van der Waals surface area contributed by atoms with Crippen molar-refractivity contribution >= 4 is 27.3 Å². The molecule has 1 aromatic rings. The van der Waals surface area contributed by atoms with E-state index < -0.39 is 0 Å². The molecule has 18 heavy (non-hydrogen) atoms. The van der Waals surface area contributed by atoms with Crippen LogP contribution in [0.25, 0.3) is 0 Å². The molecule has 1 aliphatic rings. The van der Waals surface area contributed by atoms with Crippen LogP contribution in [0.1, 0.15) is 44.7 Å². The minimum atomic E-state index is 0.203. The average Bonchev–Trinajstić information content (AvgIpc) is 3.02. The van der Waals surface area contributed by atoms with Crippen molar-refractivity contribution in [2.45, 2.75) is 44.7 Å². The average molecular weight is 331 g/mol. The first-order chi connectivity index (χ1) is 8.63. The molecule has 0 bridgehead atoms. The molecule has 1 aromatic heterocycles. The molecule has 2 unspecified atom stereocenters. The van der Waals surface area contributed by atoms with E-state index in [2.05, 4.69) is 57.8 Å². The molecule has 4 heteroatoms. The Bertz CT molecular complexity index is 387. The van der Waals surface area contributed by atoms with Crippen LogP contribution in [0.5, 0.6) is 0 Å². The van der Waals surface area contributed by atoms with Gasteiger partial charge in [0.1, 0.15) is 0 Å². The second kappa shape index (κ2) is 6.04. The monoisotopic (exact) mass is 330 g/mol. The lowest BCUT2D eigenvalue weighted by atomic mass is 9.84. The lowest BCUT2D eigenvalue weighted by Crippen LogP contribution is -2.52. The highest BCUT2D eigenvalue weighted by molar-refractivity contribution is 9.10. The fourth-order valence-corrected chi connectivity index (χ4v) is 4.69. The predicted octanol–water partition coefficient (Wildman–Crippen LogP) is 4.04. The number of likely N-dealkylation sites (tertiary alicyclic amines) is 1. The molecule has 0 amide bonds. The predicted molar refractivity (Wildman–Crippen MR) is 83.3 cm³/mol. The van der Waals surface area contributed by atoms with E-state index in [1.165, 1.54) is 42.4 Å². The van der Waals surface area contributed by atoms with Gasteiger partial charge in [0.05, 0.1) is 6.04 Å². The molecule has 0 aliphatic carbocycles. The third kappa shape index (κ3) is 2.53. The van der Waals surface area contributed by atoms with Gasteiger partial charge in [-0.3, -0.25) is 4.90 Å². The molecule has 1 fully saturated rings. The Balaban J connectivity index is 2.31. The normalized spacial score (nSPS) is 22.0. The zero-order valence-electron chi connectivity index (χ0n) is 11.5. The zero-order valence-corrected chi connectivity index (χ0v) is 13.9. The molecule has 0 aromatic carbocycles. The van der Waals surface area contributed by atoms with Gasteiger partial charge < -0.3 is 5.32 Å². The second-order valence-corrected chi connectivity index (χ2v) is 6.90. The third-order valence-electron chi connectivity index (χ3n) is 4.41. The minimum absolute atomic E-state index is 0.203.